The largest absolute Gasteiger partial charge is 0.265 e. The van der Waals surface area contributed by atoms with Crippen LogP contribution in [0.1, 0.15) is 5.56 Å². The predicted octanol–water partition coefficient (Wildman–Crippen LogP) is 6.17. The molecule has 0 aliphatic carbocycles. The second kappa shape index (κ2) is 8.69. The summed E-state index contributed by atoms with van der Waals surface area (Å²) in [5.74, 6) is -0.315. The fourth-order valence-corrected chi connectivity index (χ4v) is 3.80. The molecule has 0 bridgehead atoms. The van der Waals surface area contributed by atoms with E-state index in [1.807, 2.05) is 17.5 Å². The lowest BCUT2D eigenvalue weighted by molar-refractivity contribution is 0.628. The molecule has 0 saturated carbocycles. The van der Waals surface area contributed by atoms with E-state index < -0.39 is 0 Å². The van der Waals surface area contributed by atoms with Crippen molar-refractivity contribution in [3.8, 4) is 11.3 Å². The lowest BCUT2D eigenvalue weighted by Crippen LogP contribution is -2.11. The fourth-order valence-electron chi connectivity index (χ4n) is 2.57. The number of benzene rings is 2. The van der Waals surface area contributed by atoms with Crippen LogP contribution in [-0.2, 0) is 0 Å². The summed E-state index contributed by atoms with van der Waals surface area (Å²) in [6.07, 6.45) is 5.09. The smallest absolute Gasteiger partial charge is 0.211 e. The average molecular weight is 443 g/mol. The minimum Gasteiger partial charge on any atom is -0.265 e. The van der Waals surface area contributed by atoms with Gasteiger partial charge < -0.3 is 0 Å². The maximum atomic E-state index is 13.2. The Morgan fingerprint density at radius 2 is 1.76 bits per heavy atom. The fraction of sp³-hybridized carbons (Fsp3) is 0. The first-order valence-electron chi connectivity index (χ1n) is 8.51. The first-order valence-corrected chi connectivity index (χ1v) is 10.1. The highest BCUT2D eigenvalue weighted by Gasteiger charge is 2.12. The Labute approximate surface area is 180 Å². The van der Waals surface area contributed by atoms with Gasteiger partial charge in [0.1, 0.15) is 5.82 Å². The van der Waals surface area contributed by atoms with Crippen LogP contribution in [0.5, 0.6) is 0 Å². The second-order valence-corrected chi connectivity index (χ2v) is 7.63. The third-order valence-electron chi connectivity index (χ3n) is 3.97. The van der Waals surface area contributed by atoms with Gasteiger partial charge in [0, 0.05) is 28.4 Å². The van der Waals surface area contributed by atoms with Crippen molar-refractivity contribution in [2.24, 2.45) is 10.1 Å². The van der Waals surface area contributed by atoms with Gasteiger partial charge in [-0.15, -0.1) is 11.3 Å². The third-order valence-corrected chi connectivity index (χ3v) is 5.35. The first-order chi connectivity index (χ1) is 14.1. The van der Waals surface area contributed by atoms with E-state index in [1.165, 1.54) is 23.5 Å². The predicted molar refractivity (Wildman–Crippen MR) is 117 cm³/mol. The van der Waals surface area contributed by atoms with Gasteiger partial charge >= 0.3 is 0 Å². The molecule has 4 nitrogen and oxygen atoms in total. The average Bonchev–Trinajstić information content (AvgIpc) is 3.13. The molecule has 2 aromatic carbocycles. The van der Waals surface area contributed by atoms with E-state index in [0.29, 0.717) is 20.5 Å². The highest BCUT2D eigenvalue weighted by atomic mass is 35.5. The molecule has 2 aromatic heterocycles. The second-order valence-electron chi connectivity index (χ2n) is 5.95. The first kappa shape index (κ1) is 19.5. The summed E-state index contributed by atoms with van der Waals surface area (Å²) in [6, 6.07) is 14.9. The normalized spacial score (nSPS) is 12.0. The Bertz CT molecular complexity index is 1230. The summed E-state index contributed by atoms with van der Waals surface area (Å²) in [4.78, 5) is 9.22. The maximum Gasteiger partial charge on any atom is 0.211 e. The molecular weight excluding hydrogens is 430 g/mol. The SMILES string of the molecule is Fc1ccc(N=c2scc(-c3cc(Cl)ccc3Cl)n2N=Cc2ccncc2)cc1. The van der Waals surface area contributed by atoms with Crippen molar-refractivity contribution in [3.63, 3.8) is 0 Å². The van der Waals surface area contributed by atoms with Gasteiger partial charge in [-0.2, -0.15) is 5.10 Å². The molecule has 8 heteroatoms. The molecule has 0 N–H and O–H groups in total. The lowest BCUT2D eigenvalue weighted by Gasteiger charge is -2.06. The van der Waals surface area contributed by atoms with Crippen LogP contribution in [0.3, 0.4) is 0 Å². The van der Waals surface area contributed by atoms with Crippen LogP contribution in [0.4, 0.5) is 10.1 Å². The number of hydrogen-bond donors (Lipinski definition) is 0. The Kier molecular flexibility index (Phi) is 5.85. The van der Waals surface area contributed by atoms with Crippen molar-refractivity contribution in [3.05, 3.63) is 98.6 Å². The number of hydrogen-bond acceptors (Lipinski definition) is 4. The number of thiazole rings is 1. The Hall–Kier alpha value is -2.80. The monoisotopic (exact) mass is 442 g/mol. The van der Waals surface area contributed by atoms with Crippen molar-refractivity contribution in [1.29, 1.82) is 0 Å². The lowest BCUT2D eigenvalue weighted by atomic mass is 10.2. The van der Waals surface area contributed by atoms with Gasteiger partial charge in [0.2, 0.25) is 4.80 Å². The van der Waals surface area contributed by atoms with E-state index >= 15 is 0 Å². The van der Waals surface area contributed by atoms with Crippen molar-refractivity contribution in [1.82, 2.24) is 9.66 Å². The molecule has 0 saturated heterocycles. The van der Waals surface area contributed by atoms with Gasteiger partial charge in [0.15, 0.2) is 0 Å². The number of aromatic nitrogens is 2. The standard InChI is InChI=1S/C21H13Cl2FN4S/c22-15-1-6-19(23)18(11-15)20-13-29-21(27-17-4-2-16(24)3-5-17)28(20)26-12-14-7-9-25-10-8-14/h1-13H. The van der Waals surface area contributed by atoms with Gasteiger partial charge in [0.25, 0.3) is 0 Å². The zero-order valence-corrected chi connectivity index (χ0v) is 17.2. The summed E-state index contributed by atoms with van der Waals surface area (Å²) < 4.78 is 14.9. The quantitative estimate of drug-likeness (QED) is 0.348. The molecular formula is C21H13Cl2FN4S. The third kappa shape index (κ3) is 4.62. The molecule has 0 fully saturated rings. The van der Waals surface area contributed by atoms with Crippen LogP contribution in [0.15, 0.2) is 82.5 Å². The number of rotatable bonds is 4. The van der Waals surface area contributed by atoms with E-state index in [2.05, 4.69) is 15.1 Å². The van der Waals surface area contributed by atoms with Gasteiger partial charge in [0.05, 0.1) is 22.6 Å². The molecule has 4 rings (SSSR count). The molecule has 144 valence electrons. The molecule has 4 aromatic rings. The minimum absolute atomic E-state index is 0.315. The van der Waals surface area contributed by atoms with Crippen LogP contribution < -0.4 is 4.80 Å². The highest BCUT2D eigenvalue weighted by molar-refractivity contribution is 7.07. The van der Waals surface area contributed by atoms with Crippen LogP contribution in [0.2, 0.25) is 10.0 Å². The number of halogens is 3. The molecule has 0 amide bonds. The molecule has 0 radical (unpaired) electrons. The molecule has 0 spiro atoms. The van der Waals surface area contributed by atoms with Gasteiger partial charge in [-0.1, -0.05) is 23.2 Å². The summed E-state index contributed by atoms with van der Waals surface area (Å²) in [7, 11) is 0. The molecule has 29 heavy (non-hydrogen) atoms. The summed E-state index contributed by atoms with van der Waals surface area (Å²) in [6.45, 7) is 0. The van der Waals surface area contributed by atoms with Crippen molar-refractivity contribution < 1.29 is 4.39 Å². The van der Waals surface area contributed by atoms with Crippen molar-refractivity contribution in [2.75, 3.05) is 0 Å². The topological polar surface area (TPSA) is 42.5 Å². The molecule has 0 aliphatic rings. The van der Waals surface area contributed by atoms with E-state index in [1.54, 1.807) is 53.6 Å². The number of pyridine rings is 1. The molecule has 2 heterocycles. The zero-order chi connectivity index (χ0) is 20.2. The summed E-state index contributed by atoms with van der Waals surface area (Å²) in [5.41, 5.74) is 2.98. The summed E-state index contributed by atoms with van der Waals surface area (Å²) >= 11 is 14.0. The van der Waals surface area contributed by atoms with Crippen LogP contribution in [0, 0.1) is 5.82 Å². The van der Waals surface area contributed by atoms with E-state index in [0.717, 1.165) is 16.8 Å². The van der Waals surface area contributed by atoms with Crippen LogP contribution >= 0.6 is 34.5 Å². The Morgan fingerprint density at radius 1 is 1.00 bits per heavy atom. The van der Waals surface area contributed by atoms with Crippen molar-refractivity contribution in [2.45, 2.75) is 0 Å². The maximum absolute atomic E-state index is 13.2. The van der Waals surface area contributed by atoms with Crippen LogP contribution in [0.25, 0.3) is 11.3 Å². The number of nitrogens with zero attached hydrogens (tertiary/aromatic N) is 4. The highest BCUT2D eigenvalue weighted by Crippen LogP contribution is 2.31. The van der Waals surface area contributed by atoms with E-state index in [-0.39, 0.29) is 5.82 Å². The van der Waals surface area contributed by atoms with Gasteiger partial charge in [-0.05, 0) is 60.2 Å². The van der Waals surface area contributed by atoms with Crippen molar-refractivity contribution >= 4 is 46.4 Å². The Morgan fingerprint density at radius 3 is 2.52 bits per heavy atom. The van der Waals surface area contributed by atoms with Gasteiger partial charge in [-0.25, -0.2) is 14.1 Å². The Balaban J connectivity index is 1.88. The minimum atomic E-state index is -0.315. The summed E-state index contributed by atoms with van der Waals surface area (Å²) in [5, 5.41) is 7.62. The zero-order valence-electron chi connectivity index (χ0n) is 14.8. The molecule has 0 aliphatic heterocycles. The van der Waals surface area contributed by atoms with E-state index in [9.17, 15) is 4.39 Å². The van der Waals surface area contributed by atoms with E-state index in [4.69, 9.17) is 23.2 Å². The molecule has 0 atom stereocenters. The van der Waals surface area contributed by atoms with Crippen LogP contribution in [-0.4, -0.2) is 15.9 Å². The molecule has 0 unspecified atom stereocenters. The van der Waals surface area contributed by atoms with Gasteiger partial charge in [-0.3, -0.25) is 4.98 Å².